The quantitative estimate of drug-likeness (QED) is 0.638. The van der Waals surface area contributed by atoms with E-state index in [4.69, 9.17) is 9.47 Å². The Morgan fingerprint density at radius 1 is 1.18 bits per heavy atom. The number of carbonyl (C=O) groups excluding carboxylic acids is 2. The minimum absolute atomic E-state index is 0.248. The molecule has 0 aromatic heterocycles. The van der Waals surface area contributed by atoms with E-state index in [-0.39, 0.29) is 11.8 Å². The lowest BCUT2D eigenvalue weighted by Crippen LogP contribution is -2.40. The van der Waals surface area contributed by atoms with Gasteiger partial charge in [-0.05, 0) is 25.0 Å². The molecular formula is C16H18N2O4. The van der Waals surface area contributed by atoms with Crippen LogP contribution in [0.3, 0.4) is 0 Å². The molecule has 22 heavy (non-hydrogen) atoms. The molecule has 1 aromatic carbocycles. The van der Waals surface area contributed by atoms with Gasteiger partial charge in [0.05, 0.1) is 0 Å². The normalized spacial score (nSPS) is 17.3. The first-order chi connectivity index (χ1) is 10.7. The van der Waals surface area contributed by atoms with Crippen LogP contribution in [-0.4, -0.2) is 31.6 Å². The van der Waals surface area contributed by atoms with Crippen molar-refractivity contribution in [1.82, 2.24) is 5.32 Å². The number of hydrogen-bond acceptors (Lipinski definition) is 4. The van der Waals surface area contributed by atoms with Gasteiger partial charge >= 0.3 is 0 Å². The third-order valence-corrected chi connectivity index (χ3v) is 3.83. The van der Waals surface area contributed by atoms with Gasteiger partial charge in [0.2, 0.25) is 11.8 Å². The van der Waals surface area contributed by atoms with Gasteiger partial charge in [-0.3, -0.25) is 9.59 Å². The molecule has 3 rings (SSSR count). The molecule has 1 aliphatic carbocycles. The van der Waals surface area contributed by atoms with Crippen molar-refractivity contribution in [3.05, 3.63) is 30.9 Å². The smallest absolute Gasteiger partial charge is 0.240 e. The maximum absolute atomic E-state index is 12.4. The van der Waals surface area contributed by atoms with Crippen molar-refractivity contribution >= 4 is 17.5 Å². The van der Waals surface area contributed by atoms with Crippen LogP contribution in [0.5, 0.6) is 11.5 Å². The first kappa shape index (κ1) is 14.4. The summed E-state index contributed by atoms with van der Waals surface area (Å²) in [5.41, 5.74) is -0.354. The molecule has 1 fully saturated rings. The molecule has 0 unspecified atom stereocenters. The predicted octanol–water partition coefficient (Wildman–Crippen LogP) is 1.48. The monoisotopic (exact) mass is 302 g/mol. The molecule has 0 radical (unpaired) electrons. The average molecular weight is 302 g/mol. The lowest BCUT2D eigenvalue weighted by molar-refractivity contribution is -0.134. The van der Waals surface area contributed by atoms with Crippen molar-refractivity contribution in [2.75, 3.05) is 25.1 Å². The van der Waals surface area contributed by atoms with Gasteiger partial charge in [0.25, 0.3) is 0 Å². The van der Waals surface area contributed by atoms with Crippen LogP contribution in [0.2, 0.25) is 0 Å². The van der Waals surface area contributed by atoms with E-state index in [0.717, 1.165) is 0 Å². The number of anilines is 1. The Hall–Kier alpha value is -2.50. The molecule has 1 aliphatic heterocycles. The van der Waals surface area contributed by atoms with Gasteiger partial charge in [0.15, 0.2) is 11.5 Å². The van der Waals surface area contributed by atoms with Gasteiger partial charge in [-0.25, -0.2) is 0 Å². The Labute approximate surface area is 128 Å². The molecule has 0 bridgehead atoms. The van der Waals surface area contributed by atoms with E-state index in [1.165, 1.54) is 0 Å². The van der Waals surface area contributed by atoms with Crippen LogP contribution < -0.4 is 20.1 Å². The SMILES string of the molecule is C=CCNC(=O)C1(C(=O)Nc2ccc3c(c2)OCCO3)CC1. The molecule has 116 valence electrons. The summed E-state index contributed by atoms with van der Waals surface area (Å²) < 4.78 is 10.9. The zero-order valence-electron chi connectivity index (χ0n) is 12.2. The number of ether oxygens (including phenoxy) is 2. The molecule has 1 saturated carbocycles. The minimum atomic E-state index is -0.948. The summed E-state index contributed by atoms with van der Waals surface area (Å²) in [4.78, 5) is 24.5. The molecule has 0 atom stereocenters. The topological polar surface area (TPSA) is 76.7 Å². The third-order valence-electron chi connectivity index (χ3n) is 3.83. The number of amides is 2. The van der Waals surface area contributed by atoms with E-state index >= 15 is 0 Å². The highest BCUT2D eigenvalue weighted by Crippen LogP contribution is 2.47. The first-order valence-corrected chi connectivity index (χ1v) is 7.26. The molecule has 2 aliphatic rings. The second-order valence-corrected chi connectivity index (χ2v) is 5.39. The third kappa shape index (κ3) is 2.64. The zero-order valence-corrected chi connectivity index (χ0v) is 12.2. The number of fused-ring (bicyclic) bond motifs is 1. The fraction of sp³-hybridized carbons (Fsp3) is 0.375. The van der Waals surface area contributed by atoms with E-state index in [1.54, 1.807) is 24.3 Å². The molecule has 1 aromatic rings. The first-order valence-electron chi connectivity index (χ1n) is 7.26. The van der Waals surface area contributed by atoms with Crippen LogP contribution >= 0.6 is 0 Å². The van der Waals surface area contributed by atoms with Crippen LogP contribution in [0.4, 0.5) is 5.69 Å². The van der Waals surface area contributed by atoms with Crippen LogP contribution in [0.1, 0.15) is 12.8 Å². The highest BCUT2D eigenvalue weighted by Gasteiger charge is 2.56. The maximum Gasteiger partial charge on any atom is 0.240 e. The maximum atomic E-state index is 12.4. The summed E-state index contributed by atoms with van der Waals surface area (Å²) in [6.07, 6.45) is 2.71. The van der Waals surface area contributed by atoms with E-state index in [1.807, 2.05) is 0 Å². The van der Waals surface area contributed by atoms with Gasteiger partial charge in [-0.2, -0.15) is 0 Å². The summed E-state index contributed by atoms with van der Waals surface area (Å²) in [5.74, 6) is 0.729. The molecule has 0 spiro atoms. The van der Waals surface area contributed by atoms with Crippen molar-refractivity contribution in [3.63, 3.8) is 0 Å². The van der Waals surface area contributed by atoms with Gasteiger partial charge < -0.3 is 20.1 Å². The largest absolute Gasteiger partial charge is 0.486 e. The van der Waals surface area contributed by atoms with E-state index in [9.17, 15) is 9.59 Å². The minimum Gasteiger partial charge on any atom is -0.486 e. The van der Waals surface area contributed by atoms with Gasteiger partial charge in [-0.1, -0.05) is 6.08 Å². The van der Waals surface area contributed by atoms with Crippen LogP contribution in [0.25, 0.3) is 0 Å². The summed E-state index contributed by atoms with van der Waals surface area (Å²) in [6, 6.07) is 5.20. The Balaban J connectivity index is 1.69. The summed E-state index contributed by atoms with van der Waals surface area (Å²) in [6.45, 7) is 4.91. The van der Waals surface area contributed by atoms with Crippen LogP contribution in [0, 0.1) is 5.41 Å². The Morgan fingerprint density at radius 3 is 2.59 bits per heavy atom. The van der Waals surface area contributed by atoms with Crippen molar-refractivity contribution < 1.29 is 19.1 Å². The summed E-state index contributed by atoms with van der Waals surface area (Å²) in [7, 11) is 0. The van der Waals surface area contributed by atoms with Gasteiger partial charge in [0.1, 0.15) is 18.6 Å². The number of rotatable bonds is 5. The standard InChI is InChI=1S/C16H18N2O4/c1-2-7-17-14(19)16(5-6-16)15(20)18-11-3-4-12-13(10-11)22-9-8-21-12/h2-4,10H,1,5-9H2,(H,17,19)(H,18,20). The number of benzene rings is 1. The second-order valence-electron chi connectivity index (χ2n) is 5.39. The number of nitrogens with one attached hydrogen (secondary N) is 2. The lowest BCUT2D eigenvalue weighted by atomic mass is 10.0. The Kier molecular flexibility index (Phi) is 3.75. The molecule has 2 amide bonds. The van der Waals surface area contributed by atoms with Crippen molar-refractivity contribution in [1.29, 1.82) is 0 Å². The van der Waals surface area contributed by atoms with Crippen molar-refractivity contribution in [2.45, 2.75) is 12.8 Å². The number of carbonyl (C=O) groups is 2. The number of hydrogen-bond donors (Lipinski definition) is 2. The van der Waals surface area contributed by atoms with Gasteiger partial charge in [0, 0.05) is 18.3 Å². The molecule has 0 saturated heterocycles. The van der Waals surface area contributed by atoms with E-state index in [2.05, 4.69) is 17.2 Å². The summed E-state index contributed by atoms with van der Waals surface area (Å²) in [5, 5.41) is 5.48. The summed E-state index contributed by atoms with van der Waals surface area (Å²) >= 11 is 0. The van der Waals surface area contributed by atoms with Crippen molar-refractivity contribution in [3.8, 4) is 11.5 Å². The van der Waals surface area contributed by atoms with E-state index in [0.29, 0.717) is 49.8 Å². The average Bonchev–Trinajstić information content (AvgIpc) is 3.34. The van der Waals surface area contributed by atoms with Gasteiger partial charge in [-0.15, -0.1) is 6.58 Å². The fourth-order valence-electron chi connectivity index (χ4n) is 2.39. The highest BCUT2D eigenvalue weighted by atomic mass is 16.6. The Bertz CT molecular complexity index is 623. The lowest BCUT2D eigenvalue weighted by Gasteiger charge is -2.20. The molecular weight excluding hydrogens is 284 g/mol. The fourth-order valence-corrected chi connectivity index (χ4v) is 2.39. The molecule has 6 heteroatoms. The predicted molar refractivity (Wildman–Crippen MR) is 80.9 cm³/mol. The highest BCUT2D eigenvalue weighted by molar-refractivity contribution is 6.13. The Morgan fingerprint density at radius 2 is 1.91 bits per heavy atom. The van der Waals surface area contributed by atoms with E-state index < -0.39 is 5.41 Å². The van der Waals surface area contributed by atoms with Crippen LogP contribution in [-0.2, 0) is 9.59 Å². The zero-order chi connectivity index (χ0) is 15.6. The molecule has 6 nitrogen and oxygen atoms in total. The molecule has 1 heterocycles. The second kappa shape index (κ2) is 5.71. The van der Waals surface area contributed by atoms with Crippen LogP contribution in [0.15, 0.2) is 30.9 Å². The molecule has 2 N–H and O–H groups in total. The van der Waals surface area contributed by atoms with Crippen molar-refractivity contribution in [2.24, 2.45) is 5.41 Å².